The van der Waals surface area contributed by atoms with Gasteiger partial charge in [0.15, 0.2) is 11.5 Å². The van der Waals surface area contributed by atoms with Crippen LogP contribution in [0, 0.1) is 11.3 Å². The number of amides is 1. The molecular formula is C20H21N3O3. The third-order valence-corrected chi connectivity index (χ3v) is 3.53. The van der Waals surface area contributed by atoms with E-state index < -0.39 is 5.91 Å². The highest BCUT2D eigenvalue weighted by Crippen LogP contribution is 2.29. The molecule has 1 aromatic carbocycles. The van der Waals surface area contributed by atoms with Gasteiger partial charge < -0.3 is 14.8 Å². The first-order valence-corrected chi connectivity index (χ1v) is 8.33. The predicted molar refractivity (Wildman–Crippen MR) is 99.9 cm³/mol. The van der Waals surface area contributed by atoms with Gasteiger partial charge in [-0.2, -0.15) is 5.26 Å². The first kappa shape index (κ1) is 19.0. The van der Waals surface area contributed by atoms with Crippen molar-refractivity contribution in [3.63, 3.8) is 0 Å². The van der Waals surface area contributed by atoms with E-state index in [1.165, 1.54) is 6.08 Å². The van der Waals surface area contributed by atoms with Crippen LogP contribution < -0.4 is 14.8 Å². The molecule has 6 nitrogen and oxygen atoms in total. The summed E-state index contributed by atoms with van der Waals surface area (Å²) in [6.45, 7) is 2.70. The number of nitrogens with zero attached hydrogens (tertiary/aromatic N) is 2. The number of carbonyl (C=O) groups is 1. The normalized spacial score (nSPS) is 10.7. The number of nitriles is 1. The molecule has 0 saturated heterocycles. The molecule has 0 atom stereocenters. The number of pyridine rings is 1. The zero-order valence-electron chi connectivity index (χ0n) is 14.9. The van der Waals surface area contributed by atoms with Crippen LogP contribution in [0.2, 0.25) is 0 Å². The first-order valence-electron chi connectivity index (χ1n) is 8.33. The zero-order chi connectivity index (χ0) is 18.8. The number of methoxy groups -OCH3 is 1. The Hall–Kier alpha value is -3.33. The molecule has 0 aliphatic rings. The Morgan fingerprint density at radius 2 is 2.15 bits per heavy atom. The smallest absolute Gasteiger partial charge is 0.267 e. The van der Waals surface area contributed by atoms with Gasteiger partial charge in [-0.15, -0.1) is 0 Å². The van der Waals surface area contributed by atoms with Crippen LogP contribution >= 0.6 is 0 Å². The molecule has 26 heavy (non-hydrogen) atoms. The lowest BCUT2D eigenvalue weighted by Gasteiger charge is -2.11. The van der Waals surface area contributed by atoms with Gasteiger partial charge in [0.1, 0.15) is 17.5 Å². The maximum atomic E-state index is 12.2. The molecule has 0 aliphatic heterocycles. The van der Waals surface area contributed by atoms with Crippen molar-refractivity contribution in [1.29, 1.82) is 5.26 Å². The molecule has 0 bridgehead atoms. The SMILES string of the molecule is CCCCOc1ccc(C=C(C#N)C(=O)Nc2ccccn2)cc1OC. The van der Waals surface area contributed by atoms with Gasteiger partial charge in [-0.05, 0) is 42.3 Å². The molecule has 0 aliphatic carbocycles. The summed E-state index contributed by atoms with van der Waals surface area (Å²) in [5.74, 6) is 1.05. The van der Waals surface area contributed by atoms with Crippen molar-refractivity contribution in [3.8, 4) is 17.6 Å². The Balaban J connectivity index is 2.17. The quantitative estimate of drug-likeness (QED) is 0.444. The zero-order valence-corrected chi connectivity index (χ0v) is 14.9. The van der Waals surface area contributed by atoms with Gasteiger partial charge in [-0.25, -0.2) is 4.98 Å². The number of carbonyl (C=O) groups excluding carboxylic acids is 1. The van der Waals surface area contributed by atoms with Crippen LogP contribution in [0.3, 0.4) is 0 Å². The number of hydrogen-bond donors (Lipinski definition) is 1. The predicted octanol–water partition coefficient (Wildman–Crippen LogP) is 3.81. The summed E-state index contributed by atoms with van der Waals surface area (Å²) < 4.78 is 11.0. The number of aromatic nitrogens is 1. The van der Waals surface area contributed by atoms with Crippen LogP contribution in [0.1, 0.15) is 25.3 Å². The van der Waals surface area contributed by atoms with Gasteiger partial charge in [0.2, 0.25) is 0 Å². The average Bonchev–Trinajstić information content (AvgIpc) is 2.67. The molecule has 1 heterocycles. The fourth-order valence-electron chi connectivity index (χ4n) is 2.16. The standard InChI is InChI=1S/C20H21N3O3/c1-3-4-11-26-17-9-8-15(13-18(17)25-2)12-16(14-21)20(24)23-19-7-5-6-10-22-19/h5-10,12-13H,3-4,11H2,1-2H3,(H,22,23,24). The van der Waals surface area contributed by atoms with Gasteiger partial charge in [0, 0.05) is 6.20 Å². The number of hydrogen-bond acceptors (Lipinski definition) is 5. The van der Waals surface area contributed by atoms with Crippen molar-refractivity contribution in [2.75, 3.05) is 19.0 Å². The van der Waals surface area contributed by atoms with Crippen LogP contribution in [-0.4, -0.2) is 24.6 Å². The van der Waals surface area contributed by atoms with Crippen LogP contribution in [0.15, 0.2) is 48.2 Å². The Bertz CT molecular complexity index is 811. The minimum atomic E-state index is -0.520. The van der Waals surface area contributed by atoms with E-state index in [0.717, 1.165) is 12.8 Å². The second-order valence-corrected chi connectivity index (χ2v) is 5.45. The van der Waals surface area contributed by atoms with Gasteiger partial charge in [-0.1, -0.05) is 25.5 Å². The Kier molecular flexibility index (Phi) is 7.19. The second-order valence-electron chi connectivity index (χ2n) is 5.45. The van der Waals surface area contributed by atoms with Crippen LogP contribution in [0.5, 0.6) is 11.5 Å². The van der Waals surface area contributed by atoms with Crippen molar-refractivity contribution in [3.05, 3.63) is 53.7 Å². The van der Waals surface area contributed by atoms with E-state index >= 15 is 0 Å². The Morgan fingerprint density at radius 1 is 1.31 bits per heavy atom. The van der Waals surface area contributed by atoms with E-state index in [1.807, 2.05) is 6.07 Å². The molecular weight excluding hydrogens is 330 g/mol. The molecule has 2 rings (SSSR count). The number of anilines is 1. The minimum absolute atomic E-state index is 0.0302. The summed E-state index contributed by atoms with van der Waals surface area (Å²) in [5.41, 5.74) is 0.634. The van der Waals surface area contributed by atoms with Crippen molar-refractivity contribution in [2.45, 2.75) is 19.8 Å². The van der Waals surface area contributed by atoms with Crippen molar-refractivity contribution >= 4 is 17.8 Å². The molecule has 0 spiro atoms. The van der Waals surface area contributed by atoms with Gasteiger partial charge >= 0.3 is 0 Å². The monoisotopic (exact) mass is 351 g/mol. The maximum absolute atomic E-state index is 12.2. The highest BCUT2D eigenvalue weighted by Gasteiger charge is 2.11. The third-order valence-electron chi connectivity index (χ3n) is 3.53. The van der Waals surface area contributed by atoms with E-state index in [1.54, 1.807) is 49.7 Å². The van der Waals surface area contributed by atoms with E-state index in [-0.39, 0.29) is 5.57 Å². The lowest BCUT2D eigenvalue weighted by Crippen LogP contribution is -2.14. The largest absolute Gasteiger partial charge is 0.493 e. The molecule has 2 aromatic rings. The summed E-state index contributed by atoms with van der Waals surface area (Å²) in [6, 6.07) is 12.3. The Morgan fingerprint density at radius 3 is 2.81 bits per heavy atom. The number of ether oxygens (including phenoxy) is 2. The second kappa shape index (κ2) is 9.84. The van der Waals surface area contributed by atoms with Gasteiger partial charge in [0.05, 0.1) is 13.7 Å². The molecule has 0 radical (unpaired) electrons. The number of rotatable bonds is 8. The van der Waals surface area contributed by atoms with Crippen molar-refractivity contribution in [1.82, 2.24) is 4.98 Å². The topological polar surface area (TPSA) is 84.2 Å². The number of benzene rings is 1. The molecule has 134 valence electrons. The third kappa shape index (κ3) is 5.35. The summed E-state index contributed by atoms with van der Waals surface area (Å²) in [6.07, 6.45) is 5.06. The molecule has 1 aromatic heterocycles. The molecule has 0 unspecified atom stereocenters. The first-order chi connectivity index (χ1) is 12.7. The average molecular weight is 351 g/mol. The van der Waals surface area contributed by atoms with E-state index in [2.05, 4.69) is 17.2 Å². The lowest BCUT2D eigenvalue weighted by molar-refractivity contribution is -0.112. The summed E-state index contributed by atoms with van der Waals surface area (Å²) in [5, 5.41) is 11.9. The molecule has 0 fully saturated rings. The summed E-state index contributed by atoms with van der Waals surface area (Å²) >= 11 is 0. The van der Waals surface area contributed by atoms with E-state index in [9.17, 15) is 10.1 Å². The van der Waals surface area contributed by atoms with Gasteiger partial charge in [-0.3, -0.25) is 4.79 Å². The lowest BCUT2D eigenvalue weighted by atomic mass is 10.1. The van der Waals surface area contributed by atoms with Crippen LogP contribution in [-0.2, 0) is 4.79 Å². The highest BCUT2D eigenvalue weighted by molar-refractivity contribution is 6.09. The minimum Gasteiger partial charge on any atom is -0.493 e. The van der Waals surface area contributed by atoms with Crippen LogP contribution in [0.25, 0.3) is 6.08 Å². The van der Waals surface area contributed by atoms with Crippen molar-refractivity contribution < 1.29 is 14.3 Å². The highest BCUT2D eigenvalue weighted by atomic mass is 16.5. The molecule has 1 amide bonds. The molecule has 6 heteroatoms. The Labute approximate surface area is 153 Å². The number of unbranched alkanes of at least 4 members (excludes halogenated alkanes) is 1. The summed E-state index contributed by atoms with van der Waals surface area (Å²) in [7, 11) is 1.55. The van der Waals surface area contributed by atoms with Crippen molar-refractivity contribution in [2.24, 2.45) is 0 Å². The van der Waals surface area contributed by atoms with E-state index in [4.69, 9.17) is 9.47 Å². The van der Waals surface area contributed by atoms with Crippen LogP contribution in [0.4, 0.5) is 5.82 Å². The summed E-state index contributed by atoms with van der Waals surface area (Å²) in [4.78, 5) is 16.3. The maximum Gasteiger partial charge on any atom is 0.267 e. The van der Waals surface area contributed by atoms with Gasteiger partial charge in [0.25, 0.3) is 5.91 Å². The van der Waals surface area contributed by atoms with E-state index in [0.29, 0.717) is 29.5 Å². The fourth-order valence-corrected chi connectivity index (χ4v) is 2.16. The number of nitrogens with one attached hydrogen (secondary N) is 1. The molecule has 0 saturated carbocycles. The fraction of sp³-hybridized carbons (Fsp3) is 0.250. The molecule has 1 N–H and O–H groups in total.